The summed E-state index contributed by atoms with van der Waals surface area (Å²) in [6, 6.07) is 8.94. The molecule has 4 rings (SSSR count). The summed E-state index contributed by atoms with van der Waals surface area (Å²) >= 11 is 0. The standard InChI is InChI=1S/C25H27F3N4O2/c1-14(15-6-5-7-16(22(15)26)23(27)28)31-18-8-9-30-19-11-21(34-4)20(10-17(18)19)32-12-25(2,13-32)24(33)29-3/h5-11,14,23H,12-13H2,1-4H3,(H,29,33)(H,30,31)/t14-/m1/s1. The van der Waals surface area contributed by atoms with Crippen molar-refractivity contribution in [1.29, 1.82) is 0 Å². The molecule has 3 aromatic rings. The molecule has 34 heavy (non-hydrogen) atoms. The maximum absolute atomic E-state index is 14.7. The normalized spacial score (nSPS) is 15.7. The Hall–Kier alpha value is -3.49. The number of carbonyl (C=O) groups excluding carboxylic acids is 1. The number of carbonyl (C=O) groups is 1. The zero-order chi connectivity index (χ0) is 24.6. The fourth-order valence-corrected chi connectivity index (χ4v) is 4.49. The molecule has 1 amide bonds. The Kier molecular flexibility index (Phi) is 6.29. The molecule has 0 saturated carbocycles. The lowest BCUT2D eigenvalue weighted by Crippen LogP contribution is -2.61. The molecule has 1 atom stereocenters. The van der Waals surface area contributed by atoms with Gasteiger partial charge in [0.2, 0.25) is 5.91 Å². The van der Waals surface area contributed by atoms with Crippen molar-refractivity contribution in [3.8, 4) is 5.75 Å². The predicted octanol–water partition coefficient (Wildman–Crippen LogP) is 5.07. The number of nitrogens with one attached hydrogen (secondary N) is 2. The predicted molar refractivity (Wildman–Crippen MR) is 126 cm³/mol. The van der Waals surface area contributed by atoms with Crippen LogP contribution in [0.15, 0.2) is 42.6 Å². The number of aromatic nitrogens is 1. The van der Waals surface area contributed by atoms with E-state index in [4.69, 9.17) is 4.74 Å². The van der Waals surface area contributed by atoms with Gasteiger partial charge in [-0.1, -0.05) is 18.2 Å². The molecule has 2 N–H and O–H groups in total. The molecule has 0 spiro atoms. The molecular formula is C25H27F3N4O2. The average molecular weight is 473 g/mol. The zero-order valence-corrected chi connectivity index (χ0v) is 19.5. The van der Waals surface area contributed by atoms with E-state index in [1.54, 1.807) is 33.3 Å². The summed E-state index contributed by atoms with van der Waals surface area (Å²) in [6.45, 7) is 4.68. The molecule has 2 aromatic carbocycles. The van der Waals surface area contributed by atoms with Crippen LogP contribution < -0.4 is 20.3 Å². The third kappa shape index (κ3) is 4.10. The molecule has 9 heteroatoms. The topological polar surface area (TPSA) is 66.5 Å². The van der Waals surface area contributed by atoms with Crippen LogP contribution in [0.2, 0.25) is 0 Å². The molecule has 1 aliphatic heterocycles. The first-order chi connectivity index (χ1) is 16.2. The average Bonchev–Trinajstić information content (AvgIpc) is 2.80. The van der Waals surface area contributed by atoms with Gasteiger partial charge >= 0.3 is 0 Å². The highest BCUT2D eigenvalue weighted by Crippen LogP contribution is 2.42. The van der Waals surface area contributed by atoms with Gasteiger partial charge in [0.1, 0.15) is 11.6 Å². The molecule has 2 heterocycles. The van der Waals surface area contributed by atoms with Crippen LogP contribution in [-0.4, -0.2) is 38.1 Å². The Balaban J connectivity index is 1.68. The monoisotopic (exact) mass is 472 g/mol. The van der Waals surface area contributed by atoms with Crippen LogP contribution in [0.5, 0.6) is 5.75 Å². The van der Waals surface area contributed by atoms with Crippen molar-refractivity contribution >= 4 is 28.2 Å². The largest absolute Gasteiger partial charge is 0.495 e. The highest BCUT2D eigenvalue weighted by molar-refractivity contribution is 5.96. The van der Waals surface area contributed by atoms with Gasteiger partial charge in [-0.15, -0.1) is 0 Å². The van der Waals surface area contributed by atoms with Crippen molar-refractivity contribution in [2.75, 3.05) is 37.5 Å². The van der Waals surface area contributed by atoms with Gasteiger partial charge in [-0.25, -0.2) is 13.2 Å². The van der Waals surface area contributed by atoms with Crippen LogP contribution in [0.4, 0.5) is 24.5 Å². The molecule has 0 bridgehead atoms. The highest BCUT2D eigenvalue weighted by atomic mass is 19.3. The van der Waals surface area contributed by atoms with E-state index in [2.05, 4.69) is 20.5 Å². The maximum Gasteiger partial charge on any atom is 0.266 e. The number of benzene rings is 2. The van der Waals surface area contributed by atoms with E-state index in [1.165, 1.54) is 12.1 Å². The van der Waals surface area contributed by atoms with Gasteiger partial charge in [0, 0.05) is 49.0 Å². The molecule has 1 aliphatic rings. The van der Waals surface area contributed by atoms with E-state index in [-0.39, 0.29) is 11.5 Å². The van der Waals surface area contributed by atoms with Crippen molar-refractivity contribution in [2.24, 2.45) is 5.41 Å². The fraction of sp³-hybridized carbons (Fsp3) is 0.360. The van der Waals surface area contributed by atoms with Crippen molar-refractivity contribution < 1.29 is 22.7 Å². The molecule has 6 nitrogen and oxygen atoms in total. The van der Waals surface area contributed by atoms with Crippen LogP contribution in [0, 0.1) is 11.2 Å². The molecule has 1 aromatic heterocycles. The number of halogens is 3. The first-order valence-corrected chi connectivity index (χ1v) is 11.0. The van der Waals surface area contributed by atoms with Gasteiger partial charge in [-0.3, -0.25) is 9.78 Å². The zero-order valence-electron chi connectivity index (χ0n) is 19.5. The summed E-state index contributed by atoms with van der Waals surface area (Å²) in [6.07, 6.45) is -1.27. The highest BCUT2D eigenvalue weighted by Gasteiger charge is 2.45. The van der Waals surface area contributed by atoms with Gasteiger partial charge in [0.05, 0.1) is 35.3 Å². The van der Waals surface area contributed by atoms with Gasteiger partial charge in [0.15, 0.2) is 0 Å². The number of ether oxygens (including phenoxy) is 1. The van der Waals surface area contributed by atoms with E-state index in [1.807, 2.05) is 19.1 Å². The van der Waals surface area contributed by atoms with Gasteiger partial charge in [-0.2, -0.15) is 0 Å². The van der Waals surface area contributed by atoms with E-state index >= 15 is 0 Å². The van der Waals surface area contributed by atoms with Crippen LogP contribution in [0.25, 0.3) is 10.9 Å². The summed E-state index contributed by atoms with van der Waals surface area (Å²) in [7, 11) is 3.20. The number of nitrogens with zero attached hydrogens (tertiary/aromatic N) is 2. The molecular weight excluding hydrogens is 445 g/mol. The fourth-order valence-electron chi connectivity index (χ4n) is 4.49. The minimum Gasteiger partial charge on any atom is -0.495 e. The second kappa shape index (κ2) is 9.04. The number of rotatable bonds is 7. The first kappa shape index (κ1) is 23.7. The Morgan fingerprint density at radius 2 is 1.91 bits per heavy atom. The van der Waals surface area contributed by atoms with Gasteiger partial charge < -0.3 is 20.3 Å². The van der Waals surface area contributed by atoms with Crippen molar-refractivity contribution in [2.45, 2.75) is 26.3 Å². The minimum absolute atomic E-state index is 0.0191. The Labute approximate surface area is 196 Å². The van der Waals surface area contributed by atoms with Gasteiger partial charge in [-0.05, 0) is 26.0 Å². The van der Waals surface area contributed by atoms with E-state index < -0.39 is 29.3 Å². The van der Waals surface area contributed by atoms with Crippen molar-refractivity contribution in [3.63, 3.8) is 0 Å². The summed E-state index contributed by atoms with van der Waals surface area (Å²) in [5.74, 6) is -0.304. The number of hydrogen-bond acceptors (Lipinski definition) is 5. The number of hydrogen-bond donors (Lipinski definition) is 2. The SMILES string of the molecule is CNC(=O)C1(C)CN(c2cc3c(N[C@H](C)c4cccc(C(F)F)c4F)ccnc3cc2OC)C1. The van der Waals surface area contributed by atoms with Crippen LogP contribution in [0.3, 0.4) is 0 Å². The number of anilines is 2. The van der Waals surface area contributed by atoms with E-state index in [9.17, 15) is 18.0 Å². The number of fused-ring (bicyclic) bond motifs is 1. The van der Waals surface area contributed by atoms with E-state index in [0.29, 0.717) is 30.0 Å². The van der Waals surface area contributed by atoms with Crippen molar-refractivity contribution in [1.82, 2.24) is 10.3 Å². The Morgan fingerprint density at radius 3 is 2.56 bits per heavy atom. The summed E-state index contributed by atoms with van der Waals surface area (Å²) < 4.78 is 46.6. The summed E-state index contributed by atoms with van der Waals surface area (Å²) in [4.78, 5) is 18.7. The third-order valence-corrected chi connectivity index (χ3v) is 6.37. The number of methoxy groups -OCH3 is 1. The first-order valence-electron chi connectivity index (χ1n) is 11.0. The third-order valence-electron chi connectivity index (χ3n) is 6.37. The molecule has 1 fully saturated rings. The molecule has 0 radical (unpaired) electrons. The smallest absolute Gasteiger partial charge is 0.266 e. The second-order valence-corrected chi connectivity index (χ2v) is 8.81. The summed E-state index contributed by atoms with van der Waals surface area (Å²) in [5.41, 5.74) is 1.19. The lowest BCUT2D eigenvalue weighted by molar-refractivity contribution is -0.130. The van der Waals surface area contributed by atoms with Crippen molar-refractivity contribution in [3.05, 3.63) is 59.5 Å². The minimum atomic E-state index is -2.89. The maximum atomic E-state index is 14.7. The molecule has 0 unspecified atom stereocenters. The second-order valence-electron chi connectivity index (χ2n) is 8.81. The lowest BCUT2D eigenvalue weighted by Gasteiger charge is -2.48. The molecule has 0 aliphatic carbocycles. The number of pyridine rings is 1. The molecule has 1 saturated heterocycles. The van der Waals surface area contributed by atoms with E-state index in [0.717, 1.165) is 17.1 Å². The van der Waals surface area contributed by atoms with Crippen LogP contribution >= 0.6 is 0 Å². The Morgan fingerprint density at radius 1 is 1.21 bits per heavy atom. The van der Waals surface area contributed by atoms with Crippen LogP contribution in [0.1, 0.15) is 37.4 Å². The number of alkyl halides is 2. The summed E-state index contributed by atoms with van der Waals surface area (Å²) in [5, 5.41) is 6.72. The molecule has 180 valence electrons. The number of amides is 1. The quantitative estimate of drug-likeness (QED) is 0.503. The van der Waals surface area contributed by atoms with Gasteiger partial charge in [0.25, 0.3) is 6.43 Å². The van der Waals surface area contributed by atoms with Crippen LogP contribution in [-0.2, 0) is 4.79 Å². The Bertz CT molecular complexity index is 1230. The lowest BCUT2D eigenvalue weighted by atomic mass is 9.80.